The van der Waals surface area contributed by atoms with Crippen molar-refractivity contribution in [2.45, 2.75) is 33.3 Å². The number of hydrogen-bond donors (Lipinski definition) is 1. The van der Waals surface area contributed by atoms with Crippen molar-refractivity contribution in [1.29, 1.82) is 0 Å². The summed E-state index contributed by atoms with van der Waals surface area (Å²) < 4.78 is 5.82. The predicted molar refractivity (Wildman–Crippen MR) is 92.3 cm³/mol. The van der Waals surface area contributed by atoms with E-state index >= 15 is 0 Å². The molecule has 0 heterocycles. The first kappa shape index (κ1) is 17.5. The van der Waals surface area contributed by atoms with Gasteiger partial charge in [0.1, 0.15) is 5.75 Å². The molecule has 2 aromatic carbocycles. The van der Waals surface area contributed by atoms with E-state index in [2.05, 4.69) is 5.32 Å². The van der Waals surface area contributed by atoms with Crippen LogP contribution in [0.5, 0.6) is 5.75 Å². The van der Waals surface area contributed by atoms with E-state index in [9.17, 15) is 14.9 Å². The van der Waals surface area contributed by atoms with Crippen LogP contribution >= 0.6 is 0 Å². The Morgan fingerprint density at radius 3 is 2.62 bits per heavy atom. The van der Waals surface area contributed by atoms with Gasteiger partial charge in [0.25, 0.3) is 11.6 Å². The summed E-state index contributed by atoms with van der Waals surface area (Å²) in [7, 11) is 0. The molecule has 0 saturated carbocycles. The summed E-state index contributed by atoms with van der Waals surface area (Å²) in [4.78, 5) is 22.7. The zero-order valence-corrected chi connectivity index (χ0v) is 13.9. The molecule has 0 aliphatic rings. The summed E-state index contributed by atoms with van der Waals surface area (Å²) in [6.45, 7) is 5.76. The summed E-state index contributed by atoms with van der Waals surface area (Å²) >= 11 is 0. The Balaban J connectivity index is 2.11. The average Bonchev–Trinajstić information content (AvgIpc) is 2.54. The molecule has 1 atom stereocenters. The van der Waals surface area contributed by atoms with E-state index < -0.39 is 11.0 Å². The molecule has 6 nitrogen and oxygen atoms in total. The monoisotopic (exact) mass is 328 g/mol. The largest absolute Gasteiger partial charge is 0.480 e. The maximum absolute atomic E-state index is 12.4. The fraction of sp³-hybridized carbons (Fsp3) is 0.278. The van der Waals surface area contributed by atoms with Crippen molar-refractivity contribution in [3.05, 3.63) is 63.7 Å². The topological polar surface area (TPSA) is 81.5 Å². The number of carbonyl (C=O) groups excluding carboxylic acids is 1. The lowest BCUT2D eigenvalue weighted by atomic mass is 10.1. The van der Waals surface area contributed by atoms with Crippen LogP contribution in [0.15, 0.2) is 42.5 Å². The van der Waals surface area contributed by atoms with E-state index in [1.165, 1.54) is 18.2 Å². The van der Waals surface area contributed by atoms with E-state index in [1.807, 2.05) is 39.0 Å². The molecule has 0 saturated heterocycles. The second-order valence-electron chi connectivity index (χ2n) is 5.58. The van der Waals surface area contributed by atoms with Gasteiger partial charge in [0.2, 0.25) is 0 Å². The summed E-state index contributed by atoms with van der Waals surface area (Å²) in [6, 6.07) is 11.6. The van der Waals surface area contributed by atoms with Crippen molar-refractivity contribution in [2.75, 3.05) is 5.32 Å². The lowest BCUT2D eigenvalue weighted by molar-refractivity contribution is -0.384. The van der Waals surface area contributed by atoms with Gasteiger partial charge in [-0.2, -0.15) is 0 Å². The first-order valence-corrected chi connectivity index (χ1v) is 7.70. The van der Waals surface area contributed by atoms with Gasteiger partial charge in [-0.1, -0.05) is 30.7 Å². The molecular formula is C18H20N2O4. The minimum absolute atomic E-state index is 0.0730. The molecule has 2 aromatic rings. The number of nitrogens with one attached hydrogen (secondary N) is 1. The average molecular weight is 328 g/mol. The molecule has 2 rings (SSSR count). The lowest BCUT2D eigenvalue weighted by Crippen LogP contribution is -2.32. The van der Waals surface area contributed by atoms with Crippen LogP contribution in [0.2, 0.25) is 0 Å². The van der Waals surface area contributed by atoms with Gasteiger partial charge in [0.05, 0.1) is 4.92 Å². The minimum Gasteiger partial charge on any atom is -0.480 e. The molecule has 0 aliphatic carbocycles. The van der Waals surface area contributed by atoms with E-state index in [0.717, 1.165) is 11.1 Å². The second kappa shape index (κ2) is 7.59. The molecule has 0 aromatic heterocycles. The van der Waals surface area contributed by atoms with Crippen molar-refractivity contribution in [3.8, 4) is 5.75 Å². The standard InChI is InChI=1S/C18H20N2O4/c1-4-16(24-17-9-8-12(2)10-13(17)3)18(21)19-14-6-5-7-15(11-14)20(22)23/h5-11,16H,4H2,1-3H3,(H,19,21)/t16-/m1/s1. The number of amides is 1. The van der Waals surface area contributed by atoms with Gasteiger partial charge in [-0.3, -0.25) is 14.9 Å². The molecular weight excluding hydrogens is 308 g/mol. The number of hydrogen-bond acceptors (Lipinski definition) is 4. The summed E-state index contributed by atoms with van der Waals surface area (Å²) in [5.41, 5.74) is 2.37. The van der Waals surface area contributed by atoms with E-state index in [1.54, 1.807) is 6.07 Å². The Morgan fingerprint density at radius 1 is 1.25 bits per heavy atom. The van der Waals surface area contributed by atoms with Gasteiger partial charge >= 0.3 is 0 Å². The highest BCUT2D eigenvalue weighted by Gasteiger charge is 2.20. The number of anilines is 1. The van der Waals surface area contributed by atoms with Gasteiger partial charge in [-0.25, -0.2) is 0 Å². The van der Waals surface area contributed by atoms with Gasteiger partial charge in [-0.05, 0) is 38.0 Å². The van der Waals surface area contributed by atoms with Crippen LogP contribution < -0.4 is 10.1 Å². The zero-order valence-electron chi connectivity index (χ0n) is 13.9. The molecule has 0 fully saturated rings. The van der Waals surface area contributed by atoms with E-state index in [4.69, 9.17) is 4.74 Å². The Bertz CT molecular complexity index is 758. The highest BCUT2D eigenvalue weighted by Crippen LogP contribution is 2.22. The maximum atomic E-state index is 12.4. The third-order valence-electron chi connectivity index (χ3n) is 3.59. The predicted octanol–water partition coefficient (Wildman–Crippen LogP) is 4.01. The van der Waals surface area contributed by atoms with Crippen molar-refractivity contribution in [2.24, 2.45) is 0 Å². The van der Waals surface area contributed by atoms with Crippen LogP contribution in [0, 0.1) is 24.0 Å². The summed E-state index contributed by atoms with van der Waals surface area (Å²) in [5, 5.41) is 13.5. The number of nitro benzene ring substituents is 1. The zero-order chi connectivity index (χ0) is 17.7. The van der Waals surface area contributed by atoms with E-state index in [-0.39, 0.29) is 11.6 Å². The Labute approximate surface area is 140 Å². The number of ether oxygens (including phenoxy) is 1. The van der Waals surface area contributed by atoms with Crippen molar-refractivity contribution in [1.82, 2.24) is 0 Å². The van der Waals surface area contributed by atoms with Crippen LogP contribution in [0.25, 0.3) is 0 Å². The van der Waals surface area contributed by atoms with Gasteiger partial charge < -0.3 is 10.1 Å². The number of nitrogens with zero attached hydrogens (tertiary/aromatic N) is 1. The third kappa shape index (κ3) is 4.32. The highest BCUT2D eigenvalue weighted by atomic mass is 16.6. The molecule has 6 heteroatoms. The molecule has 24 heavy (non-hydrogen) atoms. The third-order valence-corrected chi connectivity index (χ3v) is 3.59. The van der Waals surface area contributed by atoms with E-state index in [0.29, 0.717) is 17.9 Å². The fourth-order valence-electron chi connectivity index (χ4n) is 2.33. The van der Waals surface area contributed by atoms with Crippen molar-refractivity contribution >= 4 is 17.3 Å². The Kier molecular flexibility index (Phi) is 5.52. The highest BCUT2D eigenvalue weighted by molar-refractivity contribution is 5.94. The first-order chi connectivity index (χ1) is 11.4. The van der Waals surface area contributed by atoms with Crippen LogP contribution in [-0.2, 0) is 4.79 Å². The molecule has 0 spiro atoms. The second-order valence-corrected chi connectivity index (χ2v) is 5.58. The maximum Gasteiger partial charge on any atom is 0.271 e. The van der Waals surface area contributed by atoms with Crippen molar-refractivity contribution < 1.29 is 14.5 Å². The van der Waals surface area contributed by atoms with Gasteiger partial charge in [0.15, 0.2) is 6.10 Å². The molecule has 1 amide bonds. The Hall–Kier alpha value is -2.89. The molecule has 0 bridgehead atoms. The molecule has 1 N–H and O–H groups in total. The van der Waals surface area contributed by atoms with Crippen LogP contribution in [0.1, 0.15) is 24.5 Å². The lowest BCUT2D eigenvalue weighted by Gasteiger charge is -2.19. The fourth-order valence-corrected chi connectivity index (χ4v) is 2.33. The van der Waals surface area contributed by atoms with Crippen LogP contribution in [-0.4, -0.2) is 16.9 Å². The SMILES string of the molecule is CC[C@@H](Oc1ccc(C)cc1C)C(=O)Nc1cccc([N+](=O)[O-])c1. The Morgan fingerprint density at radius 2 is 2.00 bits per heavy atom. The number of rotatable bonds is 6. The van der Waals surface area contributed by atoms with Crippen LogP contribution in [0.4, 0.5) is 11.4 Å². The summed E-state index contributed by atoms with van der Waals surface area (Å²) in [5.74, 6) is 0.319. The minimum atomic E-state index is -0.675. The molecule has 0 aliphatic heterocycles. The molecule has 0 radical (unpaired) electrons. The summed E-state index contributed by atoms with van der Waals surface area (Å²) in [6.07, 6.45) is -0.195. The number of carbonyl (C=O) groups is 1. The van der Waals surface area contributed by atoms with Crippen molar-refractivity contribution in [3.63, 3.8) is 0 Å². The number of benzene rings is 2. The van der Waals surface area contributed by atoms with Gasteiger partial charge in [0, 0.05) is 17.8 Å². The molecule has 126 valence electrons. The normalized spacial score (nSPS) is 11.6. The number of non-ortho nitro benzene ring substituents is 1. The quantitative estimate of drug-likeness (QED) is 0.641. The number of aryl methyl sites for hydroxylation is 2. The smallest absolute Gasteiger partial charge is 0.271 e. The first-order valence-electron chi connectivity index (χ1n) is 7.70. The van der Waals surface area contributed by atoms with Gasteiger partial charge in [-0.15, -0.1) is 0 Å². The molecule has 0 unspecified atom stereocenters. The van der Waals surface area contributed by atoms with Crippen LogP contribution in [0.3, 0.4) is 0 Å². The number of nitro groups is 1.